The molecule has 1 N–H and O–H groups in total. The van der Waals surface area contributed by atoms with Crippen LogP contribution < -0.4 is 0 Å². The highest BCUT2D eigenvalue weighted by molar-refractivity contribution is 5.63. The molecule has 0 aliphatic carbocycles. The van der Waals surface area contributed by atoms with Crippen LogP contribution in [0.15, 0.2) is 42.7 Å². The summed E-state index contributed by atoms with van der Waals surface area (Å²) in [6, 6.07) is 8.45. The van der Waals surface area contributed by atoms with Gasteiger partial charge in [0.1, 0.15) is 17.2 Å². The molecule has 0 saturated heterocycles. The Morgan fingerprint density at radius 3 is 2.81 bits per heavy atom. The van der Waals surface area contributed by atoms with Crippen molar-refractivity contribution in [2.45, 2.75) is 13.5 Å². The van der Waals surface area contributed by atoms with E-state index in [1.54, 1.807) is 37.5 Å². The number of nitrogens with zero attached hydrogens (tertiary/aromatic N) is 4. The number of pyridine rings is 1. The Bertz CT molecular complexity index is 771. The number of hydrogen-bond donors (Lipinski definition) is 1. The zero-order chi connectivity index (χ0) is 14.8. The summed E-state index contributed by atoms with van der Waals surface area (Å²) in [6.45, 7) is 1.44. The second kappa shape index (κ2) is 5.41. The molecule has 0 unspecified atom stereocenters. The Hall–Kier alpha value is -2.60. The van der Waals surface area contributed by atoms with Crippen LogP contribution in [0.3, 0.4) is 0 Å². The van der Waals surface area contributed by atoms with E-state index in [-0.39, 0.29) is 12.4 Å². The summed E-state index contributed by atoms with van der Waals surface area (Å²) in [5.41, 5.74) is 2.89. The monoisotopic (exact) mass is 284 g/mol. The largest absolute Gasteiger partial charge is 0.390 e. The highest BCUT2D eigenvalue weighted by Crippen LogP contribution is 2.25. The number of hydrogen-bond acceptors (Lipinski definition) is 4. The number of aromatic nitrogens is 4. The molecule has 0 saturated carbocycles. The lowest BCUT2D eigenvalue weighted by Gasteiger charge is -2.08. The Morgan fingerprint density at radius 2 is 2.14 bits per heavy atom. The minimum absolute atomic E-state index is 0.251. The molecule has 0 bridgehead atoms. The van der Waals surface area contributed by atoms with Crippen LogP contribution >= 0.6 is 0 Å². The summed E-state index contributed by atoms with van der Waals surface area (Å²) in [6.07, 6.45) is 3.31. The number of benzene rings is 1. The second-order valence-electron chi connectivity index (χ2n) is 4.63. The molecule has 0 spiro atoms. The first-order chi connectivity index (χ1) is 10.2. The van der Waals surface area contributed by atoms with Gasteiger partial charge in [0.05, 0.1) is 12.3 Å². The second-order valence-corrected chi connectivity index (χ2v) is 4.63. The van der Waals surface area contributed by atoms with Gasteiger partial charge in [-0.25, -0.2) is 9.07 Å². The summed E-state index contributed by atoms with van der Waals surface area (Å²) in [5.74, 6) is -0.314. The highest BCUT2D eigenvalue weighted by Gasteiger charge is 2.16. The fourth-order valence-corrected chi connectivity index (χ4v) is 2.11. The molecule has 5 nitrogen and oxygen atoms in total. The van der Waals surface area contributed by atoms with E-state index in [1.165, 1.54) is 10.7 Å². The number of aliphatic hydroxyl groups is 1. The maximum absolute atomic E-state index is 13.8. The number of halogens is 1. The number of rotatable bonds is 3. The van der Waals surface area contributed by atoms with Crippen molar-refractivity contribution in [3.8, 4) is 16.9 Å². The van der Waals surface area contributed by atoms with Crippen LogP contribution in [0.1, 0.15) is 11.3 Å². The average molecular weight is 284 g/mol. The van der Waals surface area contributed by atoms with E-state index in [4.69, 9.17) is 0 Å². The number of aliphatic hydroxyl groups excluding tert-OH is 1. The molecular formula is C15H13FN4O. The van der Waals surface area contributed by atoms with E-state index >= 15 is 0 Å². The lowest BCUT2D eigenvalue weighted by Crippen LogP contribution is -2.01. The molecule has 0 aliphatic heterocycles. The van der Waals surface area contributed by atoms with E-state index in [1.807, 2.05) is 6.07 Å². The number of aryl methyl sites for hydroxylation is 1. The molecule has 6 heteroatoms. The Morgan fingerprint density at radius 1 is 1.29 bits per heavy atom. The van der Waals surface area contributed by atoms with E-state index in [0.29, 0.717) is 22.6 Å². The summed E-state index contributed by atoms with van der Waals surface area (Å²) in [4.78, 5) is 4.06. The predicted molar refractivity (Wildman–Crippen MR) is 75.2 cm³/mol. The van der Waals surface area contributed by atoms with Crippen LogP contribution in [-0.2, 0) is 6.61 Å². The Kier molecular flexibility index (Phi) is 3.45. The third-order valence-corrected chi connectivity index (χ3v) is 3.22. The van der Waals surface area contributed by atoms with Gasteiger partial charge in [-0.1, -0.05) is 11.3 Å². The molecule has 1 aromatic carbocycles. The minimum Gasteiger partial charge on any atom is -0.390 e. The quantitative estimate of drug-likeness (QED) is 0.801. The van der Waals surface area contributed by atoms with Crippen molar-refractivity contribution in [2.75, 3.05) is 0 Å². The fourth-order valence-electron chi connectivity index (χ4n) is 2.11. The van der Waals surface area contributed by atoms with Gasteiger partial charge in [-0.2, -0.15) is 0 Å². The third-order valence-electron chi connectivity index (χ3n) is 3.22. The normalized spacial score (nSPS) is 10.8. The third kappa shape index (κ3) is 2.41. The highest BCUT2D eigenvalue weighted by atomic mass is 19.1. The van der Waals surface area contributed by atoms with Gasteiger partial charge in [-0.15, -0.1) is 5.10 Å². The minimum atomic E-state index is -0.314. The summed E-state index contributed by atoms with van der Waals surface area (Å²) in [5, 5.41) is 17.4. The fraction of sp³-hybridized carbons (Fsp3) is 0.133. The van der Waals surface area contributed by atoms with Gasteiger partial charge >= 0.3 is 0 Å². The van der Waals surface area contributed by atoms with Crippen molar-refractivity contribution in [3.63, 3.8) is 0 Å². The molecule has 2 aromatic heterocycles. The van der Waals surface area contributed by atoms with E-state index in [2.05, 4.69) is 15.3 Å². The van der Waals surface area contributed by atoms with Crippen LogP contribution in [0.5, 0.6) is 0 Å². The van der Waals surface area contributed by atoms with E-state index in [9.17, 15) is 9.50 Å². The van der Waals surface area contributed by atoms with Gasteiger partial charge in [0, 0.05) is 18.0 Å². The molecular weight excluding hydrogens is 271 g/mol. The van der Waals surface area contributed by atoms with Gasteiger partial charge in [-0.05, 0) is 36.8 Å². The molecule has 106 valence electrons. The molecule has 21 heavy (non-hydrogen) atoms. The van der Waals surface area contributed by atoms with Crippen LogP contribution in [0.2, 0.25) is 0 Å². The lowest BCUT2D eigenvalue weighted by molar-refractivity contribution is 0.277. The summed E-state index contributed by atoms with van der Waals surface area (Å²) in [7, 11) is 0. The van der Waals surface area contributed by atoms with Crippen molar-refractivity contribution in [1.29, 1.82) is 0 Å². The molecule has 0 amide bonds. The first-order valence-electron chi connectivity index (χ1n) is 6.43. The standard InChI is InChI=1S/C15H13FN4O/c1-10-4-5-12(7-13(10)16)20-15(14(9-21)18-19-20)11-3-2-6-17-8-11/h2-8,21H,9H2,1H3. The topological polar surface area (TPSA) is 63.8 Å². The van der Waals surface area contributed by atoms with Gasteiger partial charge in [-0.3, -0.25) is 4.98 Å². The molecule has 3 aromatic rings. The van der Waals surface area contributed by atoms with Gasteiger partial charge in [0.2, 0.25) is 0 Å². The van der Waals surface area contributed by atoms with E-state index in [0.717, 1.165) is 5.56 Å². The molecule has 0 fully saturated rings. The smallest absolute Gasteiger partial charge is 0.128 e. The van der Waals surface area contributed by atoms with Crippen molar-refractivity contribution in [1.82, 2.24) is 20.0 Å². The SMILES string of the molecule is Cc1ccc(-n2nnc(CO)c2-c2cccnc2)cc1F. The van der Waals surface area contributed by atoms with Crippen molar-refractivity contribution < 1.29 is 9.50 Å². The van der Waals surface area contributed by atoms with Gasteiger partial charge < -0.3 is 5.11 Å². The molecule has 0 atom stereocenters. The van der Waals surface area contributed by atoms with Crippen molar-refractivity contribution in [2.24, 2.45) is 0 Å². The maximum Gasteiger partial charge on any atom is 0.128 e. The maximum atomic E-state index is 13.8. The van der Waals surface area contributed by atoms with Crippen molar-refractivity contribution in [3.05, 3.63) is 59.8 Å². The van der Waals surface area contributed by atoms with Crippen LogP contribution in [0, 0.1) is 12.7 Å². The average Bonchev–Trinajstić information content (AvgIpc) is 2.95. The predicted octanol–water partition coefficient (Wildman–Crippen LogP) is 2.27. The first kappa shape index (κ1) is 13.4. The van der Waals surface area contributed by atoms with Gasteiger partial charge in [0.25, 0.3) is 0 Å². The summed E-state index contributed by atoms with van der Waals surface area (Å²) >= 11 is 0. The molecule has 0 radical (unpaired) electrons. The lowest BCUT2D eigenvalue weighted by atomic mass is 10.1. The zero-order valence-corrected chi connectivity index (χ0v) is 11.4. The molecule has 2 heterocycles. The van der Waals surface area contributed by atoms with Gasteiger partial charge in [0.15, 0.2) is 0 Å². The molecule has 3 rings (SSSR count). The van der Waals surface area contributed by atoms with Crippen LogP contribution in [0.25, 0.3) is 16.9 Å². The molecule has 0 aliphatic rings. The van der Waals surface area contributed by atoms with Crippen LogP contribution in [-0.4, -0.2) is 25.1 Å². The van der Waals surface area contributed by atoms with Crippen molar-refractivity contribution >= 4 is 0 Å². The Balaban J connectivity index is 2.20. The zero-order valence-electron chi connectivity index (χ0n) is 11.4. The Labute approximate surface area is 120 Å². The van der Waals surface area contributed by atoms with Crippen LogP contribution in [0.4, 0.5) is 4.39 Å². The van der Waals surface area contributed by atoms with E-state index < -0.39 is 0 Å². The first-order valence-corrected chi connectivity index (χ1v) is 6.43. The summed E-state index contributed by atoms with van der Waals surface area (Å²) < 4.78 is 15.3.